The lowest BCUT2D eigenvalue weighted by Gasteiger charge is -2.14. The number of hydrogen-bond donors (Lipinski definition) is 1. The van der Waals surface area contributed by atoms with E-state index in [-0.39, 0.29) is 0 Å². The van der Waals surface area contributed by atoms with Crippen molar-refractivity contribution in [1.29, 1.82) is 0 Å². The summed E-state index contributed by atoms with van der Waals surface area (Å²) in [5, 5.41) is 12.0. The van der Waals surface area contributed by atoms with Gasteiger partial charge in [-0.05, 0) is 23.8 Å². The highest BCUT2D eigenvalue weighted by Crippen LogP contribution is 2.31. The maximum atomic E-state index is 10.5. The van der Waals surface area contributed by atoms with Gasteiger partial charge in [0.05, 0.1) is 5.52 Å². The van der Waals surface area contributed by atoms with E-state index in [9.17, 15) is 5.11 Å². The summed E-state index contributed by atoms with van der Waals surface area (Å²) < 4.78 is 0. The molecule has 3 rings (SSSR count). The third kappa shape index (κ3) is 2.21. The van der Waals surface area contributed by atoms with Crippen LogP contribution in [0.2, 0.25) is 5.02 Å². The molecule has 0 aliphatic rings. The third-order valence-electron chi connectivity index (χ3n) is 3.16. The van der Waals surface area contributed by atoms with Crippen molar-refractivity contribution in [3.05, 3.63) is 76.9 Å². The first kappa shape index (κ1) is 12.2. The zero-order chi connectivity index (χ0) is 13.2. The molecule has 2 aromatic carbocycles. The summed E-state index contributed by atoms with van der Waals surface area (Å²) in [7, 11) is 0. The highest BCUT2D eigenvalue weighted by atomic mass is 35.5. The maximum Gasteiger partial charge on any atom is 0.106 e. The van der Waals surface area contributed by atoms with Crippen molar-refractivity contribution in [2.24, 2.45) is 0 Å². The van der Waals surface area contributed by atoms with Gasteiger partial charge in [0.1, 0.15) is 6.10 Å². The van der Waals surface area contributed by atoms with Crippen LogP contribution in [0.5, 0.6) is 0 Å². The second kappa shape index (κ2) is 5.00. The molecule has 2 nitrogen and oxygen atoms in total. The molecule has 94 valence electrons. The molecule has 1 atom stereocenters. The third-order valence-corrected chi connectivity index (χ3v) is 3.49. The summed E-state index contributed by atoms with van der Waals surface area (Å²) >= 11 is 6.16. The number of halogens is 1. The number of benzene rings is 2. The Bertz CT molecular complexity index is 712. The summed E-state index contributed by atoms with van der Waals surface area (Å²) in [6.45, 7) is 0. The van der Waals surface area contributed by atoms with Crippen molar-refractivity contribution < 1.29 is 5.11 Å². The number of rotatable bonds is 2. The Kier molecular flexibility index (Phi) is 3.20. The van der Waals surface area contributed by atoms with E-state index in [0.29, 0.717) is 5.02 Å². The molecule has 1 N–H and O–H groups in total. The van der Waals surface area contributed by atoms with Crippen LogP contribution in [-0.2, 0) is 0 Å². The summed E-state index contributed by atoms with van der Waals surface area (Å²) in [5.41, 5.74) is 2.36. The summed E-state index contributed by atoms with van der Waals surface area (Å²) in [4.78, 5) is 4.34. The van der Waals surface area contributed by atoms with Crippen molar-refractivity contribution in [3.63, 3.8) is 0 Å². The first-order valence-corrected chi connectivity index (χ1v) is 6.41. The van der Waals surface area contributed by atoms with Gasteiger partial charge >= 0.3 is 0 Å². The van der Waals surface area contributed by atoms with Gasteiger partial charge < -0.3 is 5.11 Å². The fourth-order valence-electron chi connectivity index (χ4n) is 2.20. The van der Waals surface area contributed by atoms with E-state index in [1.807, 2.05) is 48.5 Å². The van der Waals surface area contributed by atoms with Gasteiger partial charge in [-0.2, -0.15) is 0 Å². The Hall–Kier alpha value is -1.90. The lowest BCUT2D eigenvalue weighted by Crippen LogP contribution is -2.01. The maximum absolute atomic E-state index is 10.5. The Labute approximate surface area is 116 Å². The van der Waals surface area contributed by atoms with Crippen LogP contribution in [0.4, 0.5) is 0 Å². The molecule has 0 aliphatic carbocycles. The minimum atomic E-state index is -0.698. The molecule has 0 radical (unpaired) electrons. The Balaban J connectivity index is 2.18. The highest BCUT2D eigenvalue weighted by molar-refractivity contribution is 6.35. The van der Waals surface area contributed by atoms with Gasteiger partial charge in [-0.3, -0.25) is 4.98 Å². The number of aromatic nitrogens is 1. The minimum Gasteiger partial charge on any atom is -0.384 e. The average molecular weight is 270 g/mol. The monoisotopic (exact) mass is 269 g/mol. The standard InChI is InChI=1S/C16H12ClNO/c17-14-9-8-13(15-12(14)7-4-10-18-15)16(19)11-5-2-1-3-6-11/h1-10,16,19H. The smallest absolute Gasteiger partial charge is 0.106 e. The van der Waals surface area contributed by atoms with Gasteiger partial charge in [-0.1, -0.05) is 48.0 Å². The number of aliphatic hydroxyl groups excluding tert-OH is 1. The van der Waals surface area contributed by atoms with Crippen LogP contribution in [0.1, 0.15) is 17.2 Å². The van der Waals surface area contributed by atoms with E-state index in [2.05, 4.69) is 4.98 Å². The van der Waals surface area contributed by atoms with Gasteiger partial charge in [-0.15, -0.1) is 0 Å². The lowest BCUT2D eigenvalue weighted by atomic mass is 9.99. The number of fused-ring (bicyclic) bond motifs is 1. The molecule has 0 amide bonds. The van der Waals surface area contributed by atoms with Crippen molar-refractivity contribution in [2.75, 3.05) is 0 Å². The Morgan fingerprint density at radius 3 is 2.53 bits per heavy atom. The Morgan fingerprint density at radius 1 is 0.947 bits per heavy atom. The predicted octanol–water partition coefficient (Wildman–Crippen LogP) is 3.97. The van der Waals surface area contributed by atoms with Crippen molar-refractivity contribution in [1.82, 2.24) is 4.98 Å². The molecule has 0 bridgehead atoms. The molecule has 0 aliphatic heterocycles. The van der Waals surface area contributed by atoms with Crippen LogP contribution in [0.15, 0.2) is 60.8 Å². The minimum absolute atomic E-state index is 0.645. The van der Waals surface area contributed by atoms with Gasteiger partial charge in [0, 0.05) is 22.2 Å². The first-order chi connectivity index (χ1) is 9.27. The molecular formula is C16H12ClNO. The van der Waals surface area contributed by atoms with Crippen molar-refractivity contribution >= 4 is 22.5 Å². The van der Waals surface area contributed by atoms with Crippen LogP contribution < -0.4 is 0 Å². The van der Waals surface area contributed by atoms with Gasteiger partial charge in [0.15, 0.2) is 0 Å². The number of pyridine rings is 1. The van der Waals surface area contributed by atoms with Crippen LogP contribution in [-0.4, -0.2) is 10.1 Å². The topological polar surface area (TPSA) is 33.1 Å². The largest absolute Gasteiger partial charge is 0.384 e. The second-order valence-electron chi connectivity index (χ2n) is 4.35. The van der Waals surface area contributed by atoms with Crippen LogP contribution in [0.25, 0.3) is 10.9 Å². The van der Waals surface area contributed by atoms with E-state index >= 15 is 0 Å². The van der Waals surface area contributed by atoms with E-state index in [4.69, 9.17) is 11.6 Å². The number of nitrogens with zero attached hydrogens (tertiary/aromatic N) is 1. The molecule has 1 unspecified atom stereocenters. The SMILES string of the molecule is OC(c1ccccc1)c1ccc(Cl)c2cccnc12. The molecule has 0 spiro atoms. The van der Waals surface area contributed by atoms with Gasteiger partial charge in [-0.25, -0.2) is 0 Å². The molecule has 1 heterocycles. The molecule has 1 aromatic heterocycles. The molecule has 0 saturated carbocycles. The molecule has 0 fully saturated rings. The normalized spacial score (nSPS) is 12.5. The van der Waals surface area contributed by atoms with Crippen molar-refractivity contribution in [3.8, 4) is 0 Å². The average Bonchev–Trinajstić information content (AvgIpc) is 2.48. The lowest BCUT2D eigenvalue weighted by molar-refractivity contribution is 0.221. The quantitative estimate of drug-likeness (QED) is 0.764. The summed E-state index contributed by atoms with van der Waals surface area (Å²) in [6, 6.07) is 16.9. The summed E-state index contributed by atoms with van der Waals surface area (Å²) in [5.74, 6) is 0. The molecular weight excluding hydrogens is 258 g/mol. The fraction of sp³-hybridized carbons (Fsp3) is 0.0625. The second-order valence-corrected chi connectivity index (χ2v) is 4.76. The number of aliphatic hydroxyl groups is 1. The zero-order valence-corrected chi connectivity index (χ0v) is 10.9. The molecule has 19 heavy (non-hydrogen) atoms. The van der Waals surface area contributed by atoms with Crippen LogP contribution >= 0.6 is 11.6 Å². The van der Waals surface area contributed by atoms with Crippen LogP contribution in [0, 0.1) is 0 Å². The number of hydrogen-bond acceptors (Lipinski definition) is 2. The zero-order valence-electron chi connectivity index (χ0n) is 10.1. The van der Waals surface area contributed by atoms with Crippen molar-refractivity contribution in [2.45, 2.75) is 6.10 Å². The molecule has 3 heteroatoms. The van der Waals surface area contributed by atoms with Crippen LogP contribution in [0.3, 0.4) is 0 Å². The highest BCUT2D eigenvalue weighted by Gasteiger charge is 2.15. The van der Waals surface area contributed by atoms with E-state index in [0.717, 1.165) is 22.0 Å². The Morgan fingerprint density at radius 2 is 1.74 bits per heavy atom. The first-order valence-electron chi connectivity index (χ1n) is 6.03. The molecule has 0 saturated heterocycles. The van der Waals surface area contributed by atoms with E-state index < -0.39 is 6.10 Å². The van der Waals surface area contributed by atoms with Gasteiger partial charge in [0.2, 0.25) is 0 Å². The predicted molar refractivity (Wildman–Crippen MR) is 77.3 cm³/mol. The van der Waals surface area contributed by atoms with E-state index in [1.54, 1.807) is 12.3 Å². The summed E-state index contributed by atoms with van der Waals surface area (Å²) in [6.07, 6.45) is 1.01. The van der Waals surface area contributed by atoms with E-state index in [1.165, 1.54) is 0 Å². The molecule has 3 aromatic rings. The van der Waals surface area contributed by atoms with Gasteiger partial charge in [0.25, 0.3) is 0 Å². The fourth-order valence-corrected chi connectivity index (χ4v) is 2.41.